The fourth-order valence-corrected chi connectivity index (χ4v) is 11.1. The zero-order chi connectivity index (χ0) is 37.6. The minimum atomic E-state index is 0.0608. The van der Waals surface area contributed by atoms with Crippen LogP contribution in [0.5, 0.6) is 0 Å². The summed E-state index contributed by atoms with van der Waals surface area (Å²) in [4.78, 5) is 0. The molecule has 57 heavy (non-hydrogen) atoms. The fourth-order valence-electron chi connectivity index (χ4n) is 11.1. The summed E-state index contributed by atoms with van der Waals surface area (Å²) in [6.07, 6.45) is 9.24. The number of benzene rings is 8. The maximum atomic E-state index is 2.48. The van der Waals surface area contributed by atoms with Crippen LogP contribution in [0.2, 0.25) is 0 Å². The Morgan fingerprint density at radius 1 is 0.439 bits per heavy atom. The van der Waals surface area contributed by atoms with Gasteiger partial charge >= 0.3 is 0 Å². The Morgan fingerprint density at radius 2 is 1.04 bits per heavy atom. The lowest BCUT2D eigenvalue weighted by atomic mass is 9.74. The first-order chi connectivity index (χ1) is 28.0. The molecule has 13 rings (SSSR count). The second-order valence-electron chi connectivity index (χ2n) is 16.9. The molecule has 2 unspecified atom stereocenters. The summed E-state index contributed by atoms with van der Waals surface area (Å²) in [7, 11) is 0. The van der Waals surface area contributed by atoms with Gasteiger partial charge in [0.15, 0.2) is 0 Å². The van der Waals surface area contributed by atoms with Crippen molar-refractivity contribution in [1.82, 2.24) is 9.13 Å². The molecule has 0 radical (unpaired) electrons. The minimum absolute atomic E-state index is 0.0608. The van der Waals surface area contributed by atoms with Crippen molar-refractivity contribution in [2.75, 3.05) is 0 Å². The standard InChI is InChI=1S/C55H38N2/c1-55(2)48-19-8-5-15-40(48)41-25-24-36(32-49(41)55)56-50-20-9-6-16-42(50)45-29-33(22-26-52(45)56)34-23-27-53-46(30-34)43-17-7-10-21-51(43)57(53)37-28-35-12-11-18-44-38-13-3-4-14-39(38)47(31-37)54(35)44/h3-32,40,48H,1-2H3. The second-order valence-corrected chi connectivity index (χ2v) is 16.9. The SMILES string of the molecule is CC1(C)c2cc(-n3c4ccccc4c4cc(-c5ccc6c(c5)c5ccccc5n6-c5cc6c7c(cccc7c5)-c5ccccc5-6)ccc43)ccc2C2C=CC=CC21. The Balaban J connectivity index is 0.969. The average Bonchev–Trinajstić information content (AvgIpc) is 3.95. The highest BCUT2D eigenvalue weighted by Gasteiger charge is 2.44. The van der Waals surface area contributed by atoms with Gasteiger partial charge in [-0.15, -0.1) is 0 Å². The first-order valence-electron chi connectivity index (χ1n) is 20.3. The van der Waals surface area contributed by atoms with Crippen LogP contribution in [0.4, 0.5) is 0 Å². The molecule has 2 aromatic heterocycles. The van der Waals surface area contributed by atoms with E-state index in [9.17, 15) is 0 Å². The summed E-state index contributed by atoms with van der Waals surface area (Å²) in [6.45, 7) is 4.84. The fraction of sp³-hybridized carbons (Fsp3) is 0.0909. The van der Waals surface area contributed by atoms with Crippen LogP contribution in [0.3, 0.4) is 0 Å². The summed E-state index contributed by atoms with van der Waals surface area (Å²) >= 11 is 0. The van der Waals surface area contributed by atoms with E-state index in [-0.39, 0.29) is 5.41 Å². The van der Waals surface area contributed by atoms with Crippen molar-refractivity contribution < 1.29 is 0 Å². The van der Waals surface area contributed by atoms with Gasteiger partial charge < -0.3 is 9.13 Å². The summed E-state index contributed by atoms with van der Waals surface area (Å²) in [5.74, 6) is 0.934. The van der Waals surface area contributed by atoms with Crippen molar-refractivity contribution >= 4 is 54.4 Å². The predicted octanol–water partition coefficient (Wildman–Crippen LogP) is 14.5. The maximum absolute atomic E-state index is 2.48. The van der Waals surface area contributed by atoms with Crippen LogP contribution in [0, 0.1) is 5.92 Å². The maximum Gasteiger partial charge on any atom is 0.0541 e. The van der Waals surface area contributed by atoms with Gasteiger partial charge in [0, 0.05) is 38.8 Å². The first-order valence-corrected chi connectivity index (χ1v) is 20.3. The van der Waals surface area contributed by atoms with E-state index in [0.29, 0.717) is 11.8 Å². The van der Waals surface area contributed by atoms with Crippen LogP contribution in [0.1, 0.15) is 30.9 Å². The van der Waals surface area contributed by atoms with E-state index in [2.05, 4.69) is 205 Å². The largest absolute Gasteiger partial charge is 0.309 e. The van der Waals surface area contributed by atoms with E-state index < -0.39 is 0 Å². The molecular weight excluding hydrogens is 689 g/mol. The molecule has 0 spiro atoms. The number of hydrogen-bond acceptors (Lipinski definition) is 0. The van der Waals surface area contributed by atoms with E-state index in [1.165, 1.54) is 110 Å². The van der Waals surface area contributed by atoms with Gasteiger partial charge in [0.05, 0.1) is 22.1 Å². The quantitative estimate of drug-likeness (QED) is 0.172. The van der Waals surface area contributed by atoms with E-state index in [1.54, 1.807) is 0 Å². The summed E-state index contributed by atoms with van der Waals surface area (Å²) in [6, 6.07) is 59.5. The van der Waals surface area contributed by atoms with E-state index in [1.807, 2.05) is 0 Å². The third-order valence-corrected chi connectivity index (χ3v) is 13.7. The number of para-hydroxylation sites is 2. The molecule has 0 aliphatic heterocycles. The van der Waals surface area contributed by atoms with E-state index in [0.717, 1.165) is 0 Å². The lowest BCUT2D eigenvalue weighted by Gasteiger charge is -2.29. The van der Waals surface area contributed by atoms with Gasteiger partial charge in [-0.1, -0.05) is 135 Å². The van der Waals surface area contributed by atoms with Crippen molar-refractivity contribution in [3.63, 3.8) is 0 Å². The van der Waals surface area contributed by atoms with Gasteiger partial charge in [0.2, 0.25) is 0 Å². The van der Waals surface area contributed by atoms with Crippen molar-refractivity contribution in [3.8, 4) is 44.8 Å². The number of allylic oxidation sites excluding steroid dienone is 4. The van der Waals surface area contributed by atoms with Crippen molar-refractivity contribution in [1.29, 1.82) is 0 Å². The molecule has 0 bridgehead atoms. The lowest BCUT2D eigenvalue weighted by molar-refractivity contribution is 0.394. The number of fused-ring (bicyclic) bond motifs is 12. The molecule has 2 heterocycles. The molecule has 3 aliphatic carbocycles. The number of aromatic nitrogens is 2. The Morgan fingerprint density at radius 3 is 1.75 bits per heavy atom. The molecular formula is C55H38N2. The van der Waals surface area contributed by atoms with Crippen molar-refractivity contribution in [3.05, 3.63) is 193 Å². The molecule has 0 fully saturated rings. The lowest BCUT2D eigenvalue weighted by Crippen LogP contribution is -2.24. The number of nitrogens with zero attached hydrogens (tertiary/aromatic N) is 2. The topological polar surface area (TPSA) is 9.86 Å². The molecule has 3 aliphatic rings. The number of hydrogen-bond donors (Lipinski definition) is 0. The van der Waals surface area contributed by atoms with Gasteiger partial charge in [-0.05, 0) is 127 Å². The van der Waals surface area contributed by atoms with E-state index in [4.69, 9.17) is 0 Å². The monoisotopic (exact) mass is 726 g/mol. The summed E-state index contributed by atoms with van der Waals surface area (Å²) in [5.41, 5.74) is 18.1. The molecule has 0 N–H and O–H groups in total. The normalized spacial score (nSPS) is 17.3. The molecule has 268 valence electrons. The Labute approximate surface area is 331 Å². The van der Waals surface area contributed by atoms with Crippen molar-refractivity contribution in [2.45, 2.75) is 25.2 Å². The third-order valence-electron chi connectivity index (χ3n) is 13.7. The van der Waals surface area contributed by atoms with Crippen LogP contribution in [0.15, 0.2) is 182 Å². The van der Waals surface area contributed by atoms with Crippen LogP contribution in [-0.4, -0.2) is 9.13 Å². The smallest absolute Gasteiger partial charge is 0.0541 e. The minimum Gasteiger partial charge on any atom is -0.309 e. The highest BCUT2D eigenvalue weighted by Crippen LogP contribution is 2.54. The Hall–Kier alpha value is -6.90. The molecule has 0 saturated carbocycles. The Bertz CT molecular complexity index is 3450. The molecule has 2 atom stereocenters. The summed E-state index contributed by atoms with van der Waals surface area (Å²) < 4.78 is 4.94. The summed E-state index contributed by atoms with van der Waals surface area (Å²) in [5, 5.41) is 7.72. The van der Waals surface area contributed by atoms with Crippen molar-refractivity contribution in [2.24, 2.45) is 5.92 Å². The van der Waals surface area contributed by atoms with Crippen LogP contribution < -0.4 is 0 Å². The molecule has 10 aromatic rings. The predicted molar refractivity (Wildman–Crippen MR) is 240 cm³/mol. The van der Waals surface area contributed by atoms with Gasteiger partial charge in [-0.3, -0.25) is 0 Å². The highest BCUT2D eigenvalue weighted by molar-refractivity contribution is 6.17. The van der Waals surface area contributed by atoms with Crippen LogP contribution in [-0.2, 0) is 5.41 Å². The number of rotatable bonds is 3. The van der Waals surface area contributed by atoms with Gasteiger partial charge in [-0.2, -0.15) is 0 Å². The second kappa shape index (κ2) is 11.1. The molecule has 8 aromatic carbocycles. The van der Waals surface area contributed by atoms with Gasteiger partial charge in [0.1, 0.15) is 0 Å². The highest BCUT2D eigenvalue weighted by atomic mass is 15.0. The van der Waals surface area contributed by atoms with Crippen LogP contribution >= 0.6 is 0 Å². The Kier molecular flexibility index (Phi) is 6.11. The zero-order valence-corrected chi connectivity index (χ0v) is 31.9. The zero-order valence-electron chi connectivity index (χ0n) is 31.9. The molecule has 0 saturated heterocycles. The van der Waals surface area contributed by atoms with Gasteiger partial charge in [0.25, 0.3) is 0 Å². The molecule has 0 amide bonds. The van der Waals surface area contributed by atoms with Gasteiger partial charge in [-0.25, -0.2) is 0 Å². The molecule has 2 nitrogen and oxygen atoms in total. The van der Waals surface area contributed by atoms with Crippen LogP contribution in [0.25, 0.3) is 99.1 Å². The van der Waals surface area contributed by atoms with E-state index >= 15 is 0 Å². The average molecular weight is 727 g/mol. The third kappa shape index (κ3) is 4.15. The first kappa shape index (κ1) is 31.3. The molecule has 2 heteroatoms.